The highest BCUT2D eigenvalue weighted by atomic mass is 32.1. The van der Waals surface area contributed by atoms with E-state index < -0.39 is 6.04 Å². The Labute approximate surface area is 140 Å². The molecule has 0 saturated carbocycles. The summed E-state index contributed by atoms with van der Waals surface area (Å²) in [5, 5.41) is 4.77. The number of hydrogen-bond donors (Lipinski definition) is 1. The van der Waals surface area contributed by atoms with Crippen LogP contribution in [0.5, 0.6) is 0 Å². The van der Waals surface area contributed by atoms with Gasteiger partial charge in [-0.15, -0.1) is 11.3 Å². The van der Waals surface area contributed by atoms with E-state index in [4.69, 9.17) is 0 Å². The van der Waals surface area contributed by atoms with Crippen LogP contribution < -0.4 is 10.2 Å². The van der Waals surface area contributed by atoms with Gasteiger partial charge in [0.05, 0.1) is 4.88 Å². The van der Waals surface area contributed by atoms with E-state index in [1.54, 1.807) is 11.0 Å². The number of anilines is 1. The van der Waals surface area contributed by atoms with Gasteiger partial charge in [-0.25, -0.2) is 0 Å². The molecule has 0 unspecified atom stereocenters. The third kappa shape index (κ3) is 3.15. The summed E-state index contributed by atoms with van der Waals surface area (Å²) >= 11 is 1.38. The first kappa shape index (κ1) is 15.7. The van der Waals surface area contributed by atoms with Gasteiger partial charge in [-0.3, -0.25) is 9.59 Å². The zero-order chi connectivity index (χ0) is 16.4. The summed E-state index contributed by atoms with van der Waals surface area (Å²) in [6.07, 6.45) is 0.867. The van der Waals surface area contributed by atoms with Crippen molar-refractivity contribution in [1.82, 2.24) is 5.32 Å². The van der Waals surface area contributed by atoms with Gasteiger partial charge < -0.3 is 10.2 Å². The summed E-state index contributed by atoms with van der Waals surface area (Å²) in [5.41, 5.74) is 2.15. The van der Waals surface area contributed by atoms with Crippen LogP contribution in [0.15, 0.2) is 41.8 Å². The van der Waals surface area contributed by atoms with Gasteiger partial charge in [-0.05, 0) is 35.4 Å². The molecule has 1 aromatic carbocycles. The molecule has 2 aromatic rings. The molecule has 1 aliphatic heterocycles. The SMILES string of the molecule is CC(C)[C@@H](NC(=O)c1cccs1)C(=O)N1CCc2ccccc21. The van der Waals surface area contributed by atoms with Crippen LogP contribution in [-0.4, -0.2) is 24.4 Å². The summed E-state index contributed by atoms with van der Waals surface area (Å²) < 4.78 is 0. The Hall–Kier alpha value is -2.14. The number of nitrogens with zero attached hydrogens (tertiary/aromatic N) is 1. The lowest BCUT2D eigenvalue weighted by Crippen LogP contribution is -2.51. The molecule has 23 heavy (non-hydrogen) atoms. The van der Waals surface area contributed by atoms with Crippen molar-refractivity contribution < 1.29 is 9.59 Å². The van der Waals surface area contributed by atoms with Crippen LogP contribution in [0.25, 0.3) is 0 Å². The molecular formula is C18H20N2O2S. The second-order valence-electron chi connectivity index (χ2n) is 6.04. The monoisotopic (exact) mass is 328 g/mol. The predicted octanol–water partition coefficient (Wildman–Crippen LogP) is 3.09. The van der Waals surface area contributed by atoms with Crippen molar-refractivity contribution in [2.45, 2.75) is 26.3 Å². The fourth-order valence-electron chi connectivity index (χ4n) is 2.87. The van der Waals surface area contributed by atoms with E-state index >= 15 is 0 Å². The molecule has 1 aromatic heterocycles. The number of carbonyl (C=O) groups is 2. The van der Waals surface area contributed by atoms with Crippen molar-refractivity contribution in [3.05, 3.63) is 52.2 Å². The lowest BCUT2D eigenvalue weighted by atomic mass is 10.0. The van der Waals surface area contributed by atoms with E-state index in [1.165, 1.54) is 16.9 Å². The minimum atomic E-state index is -0.518. The average Bonchev–Trinajstić information content (AvgIpc) is 3.20. The lowest BCUT2D eigenvalue weighted by Gasteiger charge is -2.27. The molecule has 2 heterocycles. The van der Waals surface area contributed by atoms with Crippen molar-refractivity contribution in [1.29, 1.82) is 0 Å². The molecule has 3 rings (SSSR count). The van der Waals surface area contributed by atoms with Crippen LogP contribution in [0.4, 0.5) is 5.69 Å². The van der Waals surface area contributed by atoms with Gasteiger partial charge in [-0.2, -0.15) is 0 Å². The summed E-state index contributed by atoms with van der Waals surface area (Å²) in [6.45, 7) is 4.59. The molecule has 0 saturated heterocycles. The van der Waals surface area contributed by atoms with Crippen molar-refractivity contribution in [2.75, 3.05) is 11.4 Å². The molecular weight excluding hydrogens is 308 g/mol. The third-order valence-corrected chi connectivity index (χ3v) is 4.99. The molecule has 0 spiro atoms. The minimum absolute atomic E-state index is 0.0270. The fraction of sp³-hybridized carbons (Fsp3) is 0.333. The smallest absolute Gasteiger partial charge is 0.262 e. The number of rotatable bonds is 4. The zero-order valence-electron chi connectivity index (χ0n) is 13.3. The molecule has 0 radical (unpaired) electrons. The number of benzene rings is 1. The summed E-state index contributed by atoms with van der Waals surface area (Å²) in [4.78, 5) is 27.7. The second-order valence-corrected chi connectivity index (χ2v) is 6.99. The minimum Gasteiger partial charge on any atom is -0.339 e. The van der Waals surface area contributed by atoms with Crippen molar-refractivity contribution in [2.24, 2.45) is 5.92 Å². The van der Waals surface area contributed by atoms with E-state index in [2.05, 4.69) is 11.4 Å². The van der Waals surface area contributed by atoms with E-state index in [9.17, 15) is 9.59 Å². The van der Waals surface area contributed by atoms with Crippen molar-refractivity contribution >= 4 is 28.8 Å². The first-order valence-corrected chi connectivity index (χ1v) is 8.69. The first-order valence-electron chi connectivity index (χ1n) is 7.81. The number of thiophene rings is 1. The first-order chi connectivity index (χ1) is 11.1. The van der Waals surface area contributed by atoms with E-state index in [0.29, 0.717) is 11.4 Å². The Bertz CT molecular complexity index is 710. The van der Waals surface area contributed by atoms with Crippen LogP contribution in [0.2, 0.25) is 0 Å². The largest absolute Gasteiger partial charge is 0.339 e. The highest BCUT2D eigenvalue weighted by molar-refractivity contribution is 7.12. The molecule has 1 atom stereocenters. The predicted molar refractivity (Wildman–Crippen MR) is 92.9 cm³/mol. The van der Waals surface area contributed by atoms with Gasteiger partial charge in [0.1, 0.15) is 6.04 Å². The fourth-order valence-corrected chi connectivity index (χ4v) is 3.50. The van der Waals surface area contributed by atoms with Crippen LogP contribution in [0.3, 0.4) is 0 Å². The van der Waals surface area contributed by atoms with Gasteiger partial charge in [0.25, 0.3) is 5.91 Å². The van der Waals surface area contributed by atoms with E-state index in [-0.39, 0.29) is 17.7 Å². The van der Waals surface area contributed by atoms with Gasteiger partial charge in [0, 0.05) is 12.2 Å². The molecule has 0 aliphatic carbocycles. The number of para-hydroxylation sites is 1. The number of carbonyl (C=O) groups excluding carboxylic acids is 2. The van der Waals surface area contributed by atoms with Crippen LogP contribution in [0.1, 0.15) is 29.1 Å². The summed E-state index contributed by atoms with van der Waals surface area (Å²) in [6, 6.07) is 11.0. The number of amides is 2. The Balaban J connectivity index is 1.79. The number of nitrogens with one attached hydrogen (secondary N) is 1. The molecule has 1 aliphatic rings. The number of hydrogen-bond acceptors (Lipinski definition) is 3. The Morgan fingerprint density at radius 3 is 2.65 bits per heavy atom. The Kier molecular flexibility index (Phi) is 4.48. The third-order valence-electron chi connectivity index (χ3n) is 4.12. The summed E-state index contributed by atoms with van der Waals surface area (Å²) in [5.74, 6) is -0.187. The molecule has 0 fully saturated rings. The molecule has 5 heteroatoms. The maximum atomic E-state index is 13.0. The van der Waals surface area contributed by atoms with E-state index in [1.807, 2.05) is 43.5 Å². The van der Waals surface area contributed by atoms with Crippen LogP contribution in [0, 0.1) is 5.92 Å². The van der Waals surface area contributed by atoms with E-state index in [0.717, 1.165) is 12.1 Å². The molecule has 1 N–H and O–H groups in total. The Morgan fingerprint density at radius 2 is 1.96 bits per heavy atom. The number of fused-ring (bicyclic) bond motifs is 1. The van der Waals surface area contributed by atoms with Crippen LogP contribution in [-0.2, 0) is 11.2 Å². The zero-order valence-corrected chi connectivity index (χ0v) is 14.1. The molecule has 4 nitrogen and oxygen atoms in total. The average molecular weight is 328 g/mol. The van der Waals surface area contributed by atoms with Gasteiger partial charge in [0.15, 0.2) is 0 Å². The summed E-state index contributed by atoms with van der Waals surface area (Å²) in [7, 11) is 0. The van der Waals surface area contributed by atoms with Crippen molar-refractivity contribution in [3.8, 4) is 0 Å². The maximum Gasteiger partial charge on any atom is 0.262 e. The normalized spacial score (nSPS) is 14.7. The highest BCUT2D eigenvalue weighted by Crippen LogP contribution is 2.28. The molecule has 120 valence electrons. The lowest BCUT2D eigenvalue weighted by molar-refractivity contribution is -0.121. The van der Waals surface area contributed by atoms with Gasteiger partial charge >= 0.3 is 0 Å². The quantitative estimate of drug-likeness (QED) is 0.937. The van der Waals surface area contributed by atoms with Gasteiger partial charge in [-0.1, -0.05) is 38.1 Å². The molecule has 0 bridgehead atoms. The maximum absolute atomic E-state index is 13.0. The molecule has 2 amide bonds. The highest BCUT2D eigenvalue weighted by Gasteiger charge is 2.32. The standard InChI is InChI=1S/C18H20N2O2S/c1-12(2)16(19-17(21)15-8-5-11-23-15)18(22)20-10-9-13-6-3-4-7-14(13)20/h3-8,11-12,16H,9-10H2,1-2H3,(H,19,21)/t16-/m1/s1. The second kappa shape index (κ2) is 6.54. The van der Waals surface area contributed by atoms with Crippen LogP contribution >= 0.6 is 11.3 Å². The topological polar surface area (TPSA) is 49.4 Å². The van der Waals surface area contributed by atoms with Crippen molar-refractivity contribution in [3.63, 3.8) is 0 Å². The Morgan fingerprint density at radius 1 is 1.17 bits per heavy atom. The van der Waals surface area contributed by atoms with Gasteiger partial charge in [0.2, 0.25) is 5.91 Å².